The van der Waals surface area contributed by atoms with Gasteiger partial charge in [0.05, 0.1) is 19.8 Å². The molecule has 0 radical (unpaired) electrons. The normalized spacial score (nSPS) is 18.0. The van der Waals surface area contributed by atoms with Crippen LogP contribution in [0.25, 0.3) is 10.6 Å². The Bertz CT molecular complexity index is 669. The van der Waals surface area contributed by atoms with Crippen molar-refractivity contribution in [1.82, 2.24) is 9.88 Å². The van der Waals surface area contributed by atoms with E-state index in [1.807, 2.05) is 34.5 Å². The van der Waals surface area contributed by atoms with Crippen LogP contribution in [-0.2, 0) is 4.74 Å². The number of benzene rings is 1. The van der Waals surface area contributed by atoms with Crippen molar-refractivity contribution in [3.8, 4) is 16.3 Å². The second kappa shape index (κ2) is 7.10. The molecular formula is C17H20N2O3S. The largest absolute Gasteiger partial charge is 0.497 e. The van der Waals surface area contributed by atoms with E-state index in [-0.39, 0.29) is 12.0 Å². The van der Waals surface area contributed by atoms with Gasteiger partial charge in [-0.3, -0.25) is 4.79 Å². The molecule has 1 unspecified atom stereocenters. The van der Waals surface area contributed by atoms with E-state index in [9.17, 15) is 4.79 Å². The number of nitrogens with zero attached hydrogens (tertiary/aromatic N) is 2. The van der Waals surface area contributed by atoms with E-state index in [0.29, 0.717) is 25.4 Å². The molecule has 1 fully saturated rings. The van der Waals surface area contributed by atoms with Crippen LogP contribution in [0.4, 0.5) is 0 Å². The quantitative estimate of drug-likeness (QED) is 0.863. The minimum atomic E-state index is -0.0113. The Morgan fingerprint density at radius 1 is 1.43 bits per heavy atom. The van der Waals surface area contributed by atoms with Gasteiger partial charge in [0.2, 0.25) is 0 Å². The molecule has 0 spiro atoms. The van der Waals surface area contributed by atoms with Crippen LogP contribution >= 0.6 is 11.3 Å². The molecule has 122 valence electrons. The first kappa shape index (κ1) is 16.0. The highest BCUT2D eigenvalue weighted by molar-refractivity contribution is 7.13. The molecule has 1 saturated heterocycles. The van der Waals surface area contributed by atoms with Gasteiger partial charge in [-0.1, -0.05) is 6.92 Å². The number of rotatable bonds is 4. The van der Waals surface area contributed by atoms with Crippen LogP contribution in [0.3, 0.4) is 0 Å². The number of hydrogen-bond acceptors (Lipinski definition) is 5. The molecule has 6 heteroatoms. The lowest BCUT2D eigenvalue weighted by Gasteiger charge is -2.32. The Hall–Kier alpha value is -1.92. The number of hydrogen-bond donors (Lipinski definition) is 0. The molecule has 1 aromatic carbocycles. The third-order valence-electron chi connectivity index (χ3n) is 3.94. The lowest BCUT2D eigenvalue weighted by molar-refractivity contribution is -0.0227. The number of morpholine rings is 1. The molecular weight excluding hydrogens is 312 g/mol. The molecule has 1 aromatic heterocycles. The monoisotopic (exact) mass is 332 g/mol. The van der Waals surface area contributed by atoms with Gasteiger partial charge in [0.25, 0.3) is 5.91 Å². The van der Waals surface area contributed by atoms with E-state index in [4.69, 9.17) is 9.47 Å². The molecule has 0 saturated carbocycles. The maximum atomic E-state index is 12.6. The standard InChI is InChI=1S/C17H20N2O3S/c1-3-13-10-19(8-9-22-13)17(20)15-11-23-16(18-15)12-4-6-14(21-2)7-5-12/h4-7,11,13H,3,8-10H2,1-2H3. The molecule has 0 N–H and O–H groups in total. The van der Waals surface area contributed by atoms with Crippen molar-refractivity contribution in [2.24, 2.45) is 0 Å². The molecule has 1 aliphatic rings. The molecule has 5 nitrogen and oxygen atoms in total. The second-order valence-corrected chi connectivity index (χ2v) is 6.28. The first-order valence-corrected chi connectivity index (χ1v) is 8.60. The van der Waals surface area contributed by atoms with Gasteiger partial charge in [-0.05, 0) is 30.7 Å². The molecule has 1 atom stereocenters. The molecule has 23 heavy (non-hydrogen) atoms. The third kappa shape index (κ3) is 3.54. The van der Waals surface area contributed by atoms with Gasteiger partial charge in [-0.2, -0.15) is 0 Å². The van der Waals surface area contributed by atoms with Gasteiger partial charge < -0.3 is 14.4 Å². The fourth-order valence-corrected chi connectivity index (χ4v) is 3.35. The predicted molar refractivity (Wildman–Crippen MR) is 90.0 cm³/mol. The van der Waals surface area contributed by atoms with Gasteiger partial charge in [0, 0.05) is 24.0 Å². The van der Waals surface area contributed by atoms with E-state index in [2.05, 4.69) is 11.9 Å². The summed E-state index contributed by atoms with van der Waals surface area (Å²) in [6, 6.07) is 7.69. The van der Waals surface area contributed by atoms with E-state index in [1.165, 1.54) is 11.3 Å². The maximum Gasteiger partial charge on any atom is 0.273 e. The molecule has 3 rings (SSSR count). The first-order chi connectivity index (χ1) is 11.2. The molecule has 1 amide bonds. The first-order valence-electron chi connectivity index (χ1n) is 7.72. The van der Waals surface area contributed by atoms with Crippen molar-refractivity contribution >= 4 is 17.2 Å². The summed E-state index contributed by atoms with van der Waals surface area (Å²) >= 11 is 1.48. The Kier molecular flexibility index (Phi) is 4.93. The minimum absolute atomic E-state index is 0.0113. The summed E-state index contributed by atoms with van der Waals surface area (Å²) in [5.41, 5.74) is 1.50. The van der Waals surface area contributed by atoms with E-state index in [0.717, 1.165) is 22.7 Å². The lowest BCUT2D eigenvalue weighted by atomic mass is 10.2. The Morgan fingerprint density at radius 2 is 2.22 bits per heavy atom. The van der Waals surface area contributed by atoms with Gasteiger partial charge >= 0.3 is 0 Å². The smallest absolute Gasteiger partial charge is 0.273 e. The number of methoxy groups -OCH3 is 1. The molecule has 0 bridgehead atoms. The molecule has 2 aromatic rings. The zero-order valence-corrected chi connectivity index (χ0v) is 14.1. The zero-order chi connectivity index (χ0) is 16.2. The number of carbonyl (C=O) groups is 1. The number of thiazole rings is 1. The topological polar surface area (TPSA) is 51.7 Å². The van der Waals surface area contributed by atoms with Crippen LogP contribution in [0.1, 0.15) is 23.8 Å². The average molecular weight is 332 g/mol. The van der Waals surface area contributed by atoms with Crippen molar-refractivity contribution in [1.29, 1.82) is 0 Å². The number of amides is 1. The van der Waals surface area contributed by atoms with E-state index >= 15 is 0 Å². The maximum absolute atomic E-state index is 12.6. The summed E-state index contributed by atoms with van der Waals surface area (Å²) in [5, 5.41) is 2.68. The fraction of sp³-hybridized carbons (Fsp3) is 0.412. The van der Waals surface area contributed by atoms with Gasteiger partial charge in [-0.15, -0.1) is 11.3 Å². The Labute approximate surface area is 139 Å². The van der Waals surface area contributed by atoms with Crippen LogP contribution in [0.15, 0.2) is 29.6 Å². The summed E-state index contributed by atoms with van der Waals surface area (Å²) in [4.78, 5) is 18.9. The van der Waals surface area contributed by atoms with Crippen LogP contribution in [0, 0.1) is 0 Å². The highest BCUT2D eigenvalue weighted by atomic mass is 32.1. The summed E-state index contributed by atoms with van der Waals surface area (Å²) in [6.07, 6.45) is 1.05. The fourth-order valence-electron chi connectivity index (χ4n) is 2.55. The minimum Gasteiger partial charge on any atom is -0.497 e. The van der Waals surface area contributed by atoms with E-state index < -0.39 is 0 Å². The highest BCUT2D eigenvalue weighted by Gasteiger charge is 2.25. The Morgan fingerprint density at radius 3 is 2.91 bits per heavy atom. The predicted octanol–water partition coefficient (Wildman–Crippen LogP) is 3.07. The van der Waals surface area contributed by atoms with Gasteiger partial charge in [0.1, 0.15) is 16.5 Å². The molecule has 2 heterocycles. The van der Waals surface area contributed by atoms with Crippen molar-refractivity contribution in [3.05, 3.63) is 35.3 Å². The summed E-state index contributed by atoms with van der Waals surface area (Å²) < 4.78 is 10.8. The van der Waals surface area contributed by atoms with Gasteiger partial charge in [0.15, 0.2) is 0 Å². The Balaban J connectivity index is 1.74. The van der Waals surface area contributed by atoms with Crippen LogP contribution < -0.4 is 4.74 Å². The van der Waals surface area contributed by atoms with Crippen molar-refractivity contribution in [2.45, 2.75) is 19.4 Å². The summed E-state index contributed by atoms with van der Waals surface area (Å²) in [7, 11) is 1.64. The average Bonchev–Trinajstić information content (AvgIpc) is 3.11. The SMILES string of the molecule is CCC1CN(C(=O)c2csc(-c3ccc(OC)cc3)n2)CCO1. The third-order valence-corrected chi connectivity index (χ3v) is 4.83. The summed E-state index contributed by atoms with van der Waals surface area (Å²) in [5.74, 6) is 0.795. The van der Waals surface area contributed by atoms with Crippen molar-refractivity contribution in [3.63, 3.8) is 0 Å². The number of carbonyl (C=O) groups excluding carboxylic acids is 1. The molecule has 0 aliphatic carbocycles. The van der Waals surface area contributed by atoms with Crippen molar-refractivity contribution in [2.75, 3.05) is 26.8 Å². The molecule has 1 aliphatic heterocycles. The van der Waals surface area contributed by atoms with Crippen LogP contribution in [0.2, 0.25) is 0 Å². The van der Waals surface area contributed by atoms with Crippen LogP contribution in [0.5, 0.6) is 5.75 Å². The van der Waals surface area contributed by atoms with E-state index in [1.54, 1.807) is 7.11 Å². The van der Waals surface area contributed by atoms with Crippen LogP contribution in [-0.4, -0.2) is 48.7 Å². The second-order valence-electron chi connectivity index (χ2n) is 5.42. The number of ether oxygens (including phenoxy) is 2. The number of aromatic nitrogens is 1. The van der Waals surface area contributed by atoms with Crippen molar-refractivity contribution < 1.29 is 14.3 Å². The van der Waals surface area contributed by atoms with Gasteiger partial charge in [-0.25, -0.2) is 4.98 Å². The highest BCUT2D eigenvalue weighted by Crippen LogP contribution is 2.26. The zero-order valence-electron chi connectivity index (χ0n) is 13.3. The summed E-state index contributed by atoms with van der Waals surface area (Å²) in [6.45, 7) is 3.94. The lowest BCUT2D eigenvalue weighted by Crippen LogP contribution is -2.45.